The zero-order valence-corrected chi connectivity index (χ0v) is 19.3. The Labute approximate surface area is 194 Å². The average Bonchev–Trinajstić information content (AvgIpc) is 3.37. The molecule has 0 saturated carbocycles. The summed E-state index contributed by atoms with van der Waals surface area (Å²) < 4.78 is 5.53. The molecule has 2 saturated heterocycles. The van der Waals surface area contributed by atoms with Crippen LogP contribution in [-0.4, -0.2) is 53.8 Å². The molecule has 4 rings (SSSR count). The number of carbonyl (C=O) groups is 3. The van der Waals surface area contributed by atoms with Crippen LogP contribution in [0.1, 0.15) is 48.7 Å². The molecule has 174 valence electrons. The number of nitrogens with two attached hydrogens (primary N) is 1. The van der Waals surface area contributed by atoms with Crippen molar-refractivity contribution in [2.24, 2.45) is 0 Å². The monoisotopic (exact) mass is 449 g/mol. The topological polar surface area (TPSA) is 102 Å². The number of Topliss-reactive ketones (excluding diaryl/α,β-unsaturated/α-hetero) is 1. The van der Waals surface area contributed by atoms with Crippen LogP contribution < -0.4 is 11.1 Å². The van der Waals surface area contributed by atoms with Crippen LogP contribution in [0.2, 0.25) is 0 Å². The molecule has 0 radical (unpaired) electrons. The molecule has 0 spiro atoms. The second kappa shape index (κ2) is 8.98. The van der Waals surface area contributed by atoms with Gasteiger partial charge < -0.3 is 20.7 Å². The van der Waals surface area contributed by atoms with Crippen molar-refractivity contribution in [2.45, 2.75) is 57.2 Å². The lowest BCUT2D eigenvalue weighted by atomic mass is 9.86. The van der Waals surface area contributed by atoms with E-state index in [9.17, 15) is 14.4 Å². The first-order valence-corrected chi connectivity index (χ1v) is 11.3. The Bertz CT molecular complexity index is 1040. The van der Waals surface area contributed by atoms with Crippen molar-refractivity contribution < 1.29 is 19.1 Å². The van der Waals surface area contributed by atoms with Gasteiger partial charge in [0.1, 0.15) is 18.7 Å². The standard InChI is InChI=1S/C26H31N3O4/c1-26(2,3)18-8-6-17(7-9-18)24(31)28-20(14-16-4-10-19(27)11-5-16)25(32)29-13-12-22-23(29)21(30)15-33-22/h4-11,20,22-23H,12-15,27H2,1-3H3,(H,28,31). The normalized spacial score (nSPS) is 21.1. The van der Waals surface area contributed by atoms with E-state index in [2.05, 4.69) is 26.1 Å². The Hall–Kier alpha value is -3.19. The molecule has 2 aromatic carbocycles. The van der Waals surface area contributed by atoms with Gasteiger partial charge in [-0.2, -0.15) is 0 Å². The van der Waals surface area contributed by atoms with Gasteiger partial charge in [0.15, 0.2) is 5.78 Å². The molecule has 3 unspecified atom stereocenters. The predicted molar refractivity (Wildman–Crippen MR) is 126 cm³/mol. The maximum Gasteiger partial charge on any atom is 0.251 e. The van der Waals surface area contributed by atoms with E-state index < -0.39 is 12.1 Å². The Kier molecular flexibility index (Phi) is 6.26. The minimum absolute atomic E-state index is 0.0230. The number of nitrogens with one attached hydrogen (secondary N) is 1. The number of hydrogen-bond acceptors (Lipinski definition) is 5. The number of nitrogen functional groups attached to an aromatic ring is 1. The highest BCUT2D eigenvalue weighted by Gasteiger charge is 2.48. The van der Waals surface area contributed by atoms with Gasteiger partial charge in [-0.1, -0.05) is 45.0 Å². The zero-order chi connectivity index (χ0) is 23.8. The van der Waals surface area contributed by atoms with Gasteiger partial charge in [0.2, 0.25) is 5.91 Å². The van der Waals surface area contributed by atoms with Crippen molar-refractivity contribution >= 4 is 23.3 Å². The Balaban J connectivity index is 1.56. The van der Waals surface area contributed by atoms with Crippen LogP contribution in [0.3, 0.4) is 0 Å². The summed E-state index contributed by atoms with van der Waals surface area (Å²) in [4.78, 5) is 40.5. The molecule has 3 atom stereocenters. The van der Waals surface area contributed by atoms with E-state index in [0.29, 0.717) is 30.6 Å². The molecular formula is C26H31N3O4. The number of amides is 2. The number of carbonyl (C=O) groups excluding carboxylic acids is 3. The Morgan fingerprint density at radius 2 is 1.79 bits per heavy atom. The number of ether oxygens (including phenoxy) is 1. The van der Waals surface area contributed by atoms with Gasteiger partial charge in [-0.05, 0) is 47.2 Å². The third kappa shape index (κ3) is 4.93. The van der Waals surface area contributed by atoms with Crippen molar-refractivity contribution in [3.8, 4) is 0 Å². The summed E-state index contributed by atoms with van der Waals surface area (Å²) in [6.45, 7) is 6.81. The van der Waals surface area contributed by atoms with Gasteiger partial charge in [0.25, 0.3) is 5.91 Å². The van der Waals surface area contributed by atoms with Gasteiger partial charge in [-0.15, -0.1) is 0 Å². The summed E-state index contributed by atoms with van der Waals surface area (Å²) in [6.07, 6.45) is 0.673. The predicted octanol–water partition coefficient (Wildman–Crippen LogP) is 2.48. The molecule has 2 amide bonds. The minimum Gasteiger partial charge on any atom is -0.399 e. The Morgan fingerprint density at radius 3 is 2.42 bits per heavy atom. The molecule has 7 heteroatoms. The van der Waals surface area contributed by atoms with Gasteiger partial charge in [0.05, 0.1) is 6.10 Å². The van der Waals surface area contributed by atoms with Crippen LogP contribution in [0.15, 0.2) is 48.5 Å². The van der Waals surface area contributed by atoms with E-state index in [4.69, 9.17) is 10.5 Å². The maximum absolute atomic E-state index is 13.5. The van der Waals surface area contributed by atoms with Crippen LogP contribution >= 0.6 is 0 Å². The lowest BCUT2D eigenvalue weighted by Gasteiger charge is -2.28. The van der Waals surface area contributed by atoms with Crippen molar-refractivity contribution in [3.05, 3.63) is 65.2 Å². The highest BCUT2D eigenvalue weighted by Crippen LogP contribution is 2.28. The molecule has 7 nitrogen and oxygen atoms in total. The smallest absolute Gasteiger partial charge is 0.251 e. The van der Waals surface area contributed by atoms with Crippen molar-refractivity contribution in [1.82, 2.24) is 10.2 Å². The van der Waals surface area contributed by atoms with E-state index in [1.807, 2.05) is 24.3 Å². The number of hydrogen-bond donors (Lipinski definition) is 2. The number of ketones is 1. The summed E-state index contributed by atoms with van der Waals surface area (Å²) >= 11 is 0. The SMILES string of the molecule is CC(C)(C)c1ccc(C(=O)NC(Cc2ccc(N)cc2)C(=O)N2CCC3OCC(=O)C32)cc1. The molecule has 2 aliphatic heterocycles. The number of benzene rings is 2. The van der Waals surface area contributed by atoms with Gasteiger partial charge >= 0.3 is 0 Å². The van der Waals surface area contributed by atoms with Crippen LogP contribution in [-0.2, 0) is 26.2 Å². The van der Waals surface area contributed by atoms with Crippen molar-refractivity contribution in [1.29, 1.82) is 0 Å². The molecule has 2 aliphatic rings. The van der Waals surface area contributed by atoms with E-state index in [0.717, 1.165) is 11.1 Å². The fraction of sp³-hybridized carbons (Fsp3) is 0.423. The molecule has 0 aliphatic carbocycles. The quantitative estimate of drug-likeness (QED) is 0.683. The number of nitrogens with zero attached hydrogens (tertiary/aromatic N) is 1. The third-order valence-electron chi connectivity index (χ3n) is 6.43. The molecule has 2 fully saturated rings. The first-order valence-electron chi connectivity index (χ1n) is 11.3. The largest absolute Gasteiger partial charge is 0.399 e. The van der Waals surface area contributed by atoms with Crippen molar-refractivity contribution in [2.75, 3.05) is 18.9 Å². The number of rotatable bonds is 5. The van der Waals surface area contributed by atoms with Crippen LogP contribution in [0, 0.1) is 0 Å². The second-order valence-electron chi connectivity index (χ2n) is 9.88. The van der Waals surface area contributed by atoms with E-state index in [1.165, 1.54) is 0 Å². The van der Waals surface area contributed by atoms with Gasteiger partial charge in [0, 0.05) is 24.2 Å². The molecule has 33 heavy (non-hydrogen) atoms. The molecule has 0 aromatic heterocycles. The summed E-state index contributed by atoms with van der Waals surface area (Å²) in [5.41, 5.74) is 8.87. The van der Waals surface area contributed by atoms with Crippen molar-refractivity contribution in [3.63, 3.8) is 0 Å². The van der Waals surface area contributed by atoms with Gasteiger partial charge in [-0.3, -0.25) is 14.4 Å². The number of fused-ring (bicyclic) bond motifs is 1. The minimum atomic E-state index is -0.810. The average molecular weight is 450 g/mol. The molecule has 2 aromatic rings. The molecule has 3 N–H and O–H groups in total. The Morgan fingerprint density at radius 1 is 1.12 bits per heavy atom. The molecule has 2 heterocycles. The second-order valence-corrected chi connectivity index (χ2v) is 9.88. The molecule has 0 bridgehead atoms. The lowest BCUT2D eigenvalue weighted by molar-refractivity contribution is -0.138. The van der Waals surface area contributed by atoms with Crippen LogP contribution in [0.4, 0.5) is 5.69 Å². The lowest BCUT2D eigenvalue weighted by Crippen LogP contribution is -2.53. The number of likely N-dealkylation sites (tertiary alicyclic amines) is 1. The summed E-state index contributed by atoms with van der Waals surface area (Å²) in [7, 11) is 0. The highest BCUT2D eigenvalue weighted by atomic mass is 16.5. The van der Waals surface area contributed by atoms with E-state index in [1.54, 1.807) is 29.2 Å². The third-order valence-corrected chi connectivity index (χ3v) is 6.43. The number of anilines is 1. The van der Waals surface area contributed by atoms with Crippen LogP contribution in [0.25, 0.3) is 0 Å². The zero-order valence-electron chi connectivity index (χ0n) is 19.3. The fourth-order valence-electron chi connectivity index (χ4n) is 4.49. The molecular weight excluding hydrogens is 418 g/mol. The summed E-state index contributed by atoms with van der Waals surface area (Å²) in [5, 5.41) is 2.91. The fourth-order valence-corrected chi connectivity index (χ4v) is 4.49. The first kappa shape index (κ1) is 23.0. The van der Waals surface area contributed by atoms with E-state index >= 15 is 0 Å². The highest BCUT2D eigenvalue weighted by molar-refractivity contribution is 5.99. The van der Waals surface area contributed by atoms with E-state index in [-0.39, 0.29) is 35.7 Å². The first-order chi connectivity index (χ1) is 15.6. The van der Waals surface area contributed by atoms with Gasteiger partial charge in [-0.25, -0.2) is 0 Å². The maximum atomic E-state index is 13.5. The summed E-state index contributed by atoms with van der Waals surface area (Å²) in [6, 6.07) is 13.3. The van der Waals surface area contributed by atoms with Crippen LogP contribution in [0.5, 0.6) is 0 Å². The summed E-state index contributed by atoms with van der Waals surface area (Å²) in [5.74, 6) is -0.673.